The van der Waals surface area contributed by atoms with E-state index in [9.17, 15) is 19.5 Å². The molecule has 0 bridgehead atoms. The van der Waals surface area contributed by atoms with Crippen molar-refractivity contribution in [1.82, 2.24) is 15.5 Å². The summed E-state index contributed by atoms with van der Waals surface area (Å²) >= 11 is 0. The number of carbonyl (C=O) groups is 3. The number of carboxylic acid groups (broad SMARTS) is 1. The highest BCUT2D eigenvalue weighted by Crippen LogP contribution is 2.32. The number of aliphatic carboxylic acids is 1. The van der Waals surface area contributed by atoms with E-state index in [2.05, 4.69) is 10.6 Å². The average molecular weight is 299 g/mol. The van der Waals surface area contributed by atoms with Crippen LogP contribution in [0.15, 0.2) is 0 Å². The maximum absolute atomic E-state index is 12.1. The lowest BCUT2D eigenvalue weighted by atomic mass is 9.93. The van der Waals surface area contributed by atoms with Crippen molar-refractivity contribution in [2.75, 3.05) is 19.6 Å². The van der Waals surface area contributed by atoms with Crippen LogP contribution >= 0.6 is 0 Å². The summed E-state index contributed by atoms with van der Waals surface area (Å²) in [7, 11) is 0. The lowest BCUT2D eigenvalue weighted by Crippen LogP contribution is -2.56. The first-order chi connectivity index (χ1) is 9.83. The van der Waals surface area contributed by atoms with E-state index in [1.807, 2.05) is 13.8 Å². The number of nitrogens with zero attached hydrogens (tertiary/aromatic N) is 1. The fraction of sp³-hybridized carbons (Fsp3) is 0.786. The Labute approximate surface area is 125 Å². The second-order valence-electron chi connectivity index (χ2n) is 5.80. The van der Waals surface area contributed by atoms with Crippen LogP contribution in [-0.2, 0) is 9.59 Å². The minimum atomic E-state index is -1.14. The molecule has 7 nitrogen and oxygen atoms in total. The standard InChI is InChI=1S/C14H25N3O4/c1-4-14(12(19)20)6-5-7-17(14)13(21)16-9-11(18)15-8-10(2)3/h10H,4-9H2,1-3H3,(H,15,18)(H,16,21)(H,19,20). The molecule has 3 N–H and O–H groups in total. The Balaban J connectivity index is 2.55. The number of rotatable bonds is 6. The third-order valence-corrected chi connectivity index (χ3v) is 3.82. The maximum Gasteiger partial charge on any atom is 0.329 e. The maximum atomic E-state index is 12.1. The van der Waals surface area contributed by atoms with Crippen LogP contribution in [0, 0.1) is 5.92 Å². The summed E-state index contributed by atoms with van der Waals surface area (Å²) in [5.74, 6) is -0.918. The van der Waals surface area contributed by atoms with E-state index in [4.69, 9.17) is 0 Å². The lowest BCUT2D eigenvalue weighted by molar-refractivity contribution is -0.148. The van der Waals surface area contributed by atoms with Gasteiger partial charge in [-0.15, -0.1) is 0 Å². The number of hydrogen-bond acceptors (Lipinski definition) is 3. The van der Waals surface area contributed by atoms with Crippen LogP contribution < -0.4 is 10.6 Å². The second kappa shape index (κ2) is 7.28. The highest BCUT2D eigenvalue weighted by Gasteiger charge is 2.48. The molecule has 0 aromatic rings. The van der Waals surface area contributed by atoms with Gasteiger partial charge in [0.25, 0.3) is 0 Å². The summed E-state index contributed by atoms with van der Waals surface area (Å²) in [5, 5.41) is 14.6. The third-order valence-electron chi connectivity index (χ3n) is 3.82. The minimum Gasteiger partial charge on any atom is -0.479 e. The molecule has 0 aromatic heterocycles. The molecule has 21 heavy (non-hydrogen) atoms. The average Bonchev–Trinajstić information content (AvgIpc) is 2.87. The van der Waals surface area contributed by atoms with E-state index in [1.165, 1.54) is 4.90 Å². The van der Waals surface area contributed by atoms with Crippen LogP contribution in [0.3, 0.4) is 0 Å². The van der Waals surface area contributed by atoms with Gasteiger partial charge in [0, 0.05) is 13.1 Å². The Kier molecular flexibility index (Phi) is 5.99. The summed E-state index contributed by atoms with van der Waals surface area (Å²) in [6, 6.07) is -0.489. The molecule has 1 aliphatic rings. The Hall–Kier alpha value is -1.79. The first kappa shape index (κ1) is 17.3. The molecule has 1 unspecified atom stereocenters. The van der Waals surface area contributed by atoms with E-state index in [-0.39, 0.29) is 12.5 Å². The highest BCUT2D eigenvalue weighted by molar-refractivity contribution is 5.89. The molecule has 0 aliphatic carbocycles. The van der Waals surface area contributed by atoms with Gasteiger partial charge in [-0.25, -0.2) is 9.59 Å². The molecule has 7 heteroatoms. The molecule has 1 atom stereocenters. The first-order valence-electron chi connectivity index (χ1n) is 7.39. The van der Waals surface area contributed by atoms with Crippen LogP contribution in [0.4, 0.5) is 4.79 Å². The third kappa shape index (κ3) is 4.09. The van der Waals surface area contributed by atoms with Gasteiger partial charge in [-0.05, 0) is 25.2 Å². The molecular weight excluding hydrogens is 274 g/mol. The zero-order valence-corrected chi connectivity index (χ0v) is 12.9. The molecule has 3 amide bonds. The van der Waals surface area contributed by atoms with Crippen LogP contribution in [0.1, 0.15) is 40.0 Å². The molecule has 1 rings (SSSR count). The van der Waals surface area contributed by atoms with Gasteiger partial charge in [0.05, 0.1) is 6.54 Å². The molecule has 120 valence electrons. The van der Waals surface area contributed by atoms with Crippen LogP contribution in [0.2, 0.25) is 0 Å². The monoisotopic (exact) mass is 299 g/mol. The first-order valence-corrected chi connectivity index (χ1v) is 7.39. The number of nitrogens with one attached hydrogen (secondary N) is 2. The van der Waals surface area contributed by atoms with Crippen LogP contribution in [-0.4, -0.2) is 53.1 Å². The van der Waals surface area contributed by atoms with Crippen molar-refractivity contribution in [3.05, 3.63) is 0 Å². The Morgan fingerprint density at radius 2 is 1.95 bits per heavy atom. The number of carboxylic acids is 1. The highest BCUT2D eigenvalue weighted by atomic mass is 16.4. The fourth-order valence-corrected chi connectivity index (χ4v) is 2.55. The topological polar surface area (TPSA) is 98.7 Å². The van der Waals surface area contributed by atoms with Crippen molar-refractivity contribution >= 4 is 17.9 Å². The van der Waals surface area contributed by atoms with Gasteiger partial charge in [0.1, 0.15) is 5.54 Å². The number of hydrogen-bond donors (Lipinski definition) is 3. The number of amides is 3. The van der Waals surface area contributed by atoms with E-state index in [0.717, 1.165) is 0 Å². The summed E-state index contributed by atoms with van der Waals surface area (Å²) in [6.45, 7) is 6.53. The summed E-state index contributed by atoms with van der Waals surface area (Å²) in [5.41, 5.74) is -1.14. The smallest absolute Gasteiger partial charge is 0.329 e. The van der Waals surface area contributed by atoms with Gasteiger partial charge < -0.3 is 20.6 Å². The Morgan fingerprint density at radius 3 is 2.48 bits per heavy atom. The molecule has 0 radical (unpaired) electrons. The molecular formula is C14H25N3O4. The molecule has 1 fully saturated rings. The Bertz CT molecular complexity index is 411. The summed E-state index contributed by atoms with van der Waals surface area (Å²) in [4.78, 5) is 36.5. The molecule has 1 heterocycles. The van der Waals surface area contributed by atoms with Crippen LogP contribution in [0.25, 0.3) is 0 Å². The molecule has 0 aromatic carbocycles. The zero-order chi connectivity index (χ0) is 16.0. The van der Waals surface area contributed by atoms with Gasteiger partial charge >= 0.3 is 12.0 Å². The van der Waals surface area contributed by atoms with Crippen molar-refractivity contribution < 1.29 is 19.5 Å². The minimum absolute atomic E-state index is 0.137. The zero-order valence-electron chi connectivity index (χ0n) is 12.9. The summed E-state index contributed by atoms with van der Waals surface area (Å²) < 4.78 is 0. The van der Waals surface area contributed by atoms with Crippen molar-refractivity contribution in [1.29, 1.82) is 0 Å². The number of carbonyl (C=O) groups excluding carboxylic acids is 2. The number of likely N-dealkylation sites (tertiary alicyclic amines) is 1. The second-order valence-corrected chi connectivity index (χ2v) is 5.80. The van der Waals surface area contributed by atoms with Gasteiger partial charge in [-0.3, -0.25) is 4.79 Å². The van der Waals surface area contributed by atoms with E-state index in [1.54, 1.807) is 6.92 Å². The summed E-state index contributed by atoms with van der Waals surface area (Å²) in [6.07, 6.45) is 1.47. The quantitative estimate of drug-likeness (QED) is 0.675. The SMILES string of the molecule is CCC1(C(=O)O)CCCN1C(=O)NCC(=O)NCC(C)C. The van der Waals surface area contributed by atoms with Crippen molar-refractivity contribution in [2.24, 2.45) is 5.92 Å². The number of urea groups is 1. The molecule has 1 aliphatic heterocycles. The normalized spacial score (nSPS) is 21.4. The van der Waals surface area contributed by atoms with E-state index >= 15 is 0 Å². The van der Waals surface area contributed by atoms with Gasteiger partial charge in [0.15, 0.2) is 0 Å². The van der Waals surface area contributed by atoms with Gasteiger partial charge in [0.2, 0.25) is 5.91 Å². The van der Waals surface area contributed by atoms with Gasteiger partial charge in [-0.2, -0.15) is 0 Å². The molecule has 0 spiro atoms. The largest absolute Gasteiger partial charge is 0.479 e. The van der Waals surface area contributed by atoms with Crippen LogP contribution in [0.5, 0.6) is 0 Å². The lowest BCUT2D eigenvalue weighted by Gasteiger charge is -2.33. The predicted octanol–water partition coefficient (Wildman–Crippen LogP) is 0.797. The molecule has 1 saturated heterocycles. The van der Waals surface area contributed by atoms with Gasteiger partial charge in [-0.1, -0.05) is 20.8 Å². The Morgan fingerprint density at radius 1 is 1.29 bits per heavy atom. The van der Waals surface area contributed by atoms with Crippen molar-refractivity contribution in [2.45, 2.75) is 45.6 Å². The van der Waals surface area contributed by atoms with E-state index in [0.29, 0.717) is 38.3 Å². The van der Waals surface area contributed by atoms with Crippen molar-refractivity contribution in [3.8, 4) is 0 Å². The van der Waals surface area contributed by atoms with E-state index < -0.39 is 17.5 Å². The fourth-order valence-electron chi connectivity index (χ4n) is 2.55. The molecule has 0 saturated carbocycles. The predicted molar refractivity (Wildman–Crippen MR) is 77.8 cm³/mol. The van der Waals surface area contributed by atoms with Crippen molar-refractivity contribution in [3.63, 3.8) is 0 Å².